The van der Waals surface area contributed by atoms with Crippen LogP contribution in [0.1, 0.15) is 53.0 Å². The predicted octanol–water partition coefficient (Wildman–Crippen LogP) is 5.56. The van der Waals surface area contributed by atoms with E-state index in [4.69, 9.17) is 9.73 Å². The van der Waals surface area contributed by atoms with Gasteiger partial charge in [0.25, 0.3) is 5.56 Å². The zero-order chi connectivity index (χ0) is 31.2. The van der Waals surface area contributed by atoms with Gasteiger partial charge in [0.2, 0.25) is 0 Å². The summed E-state index contributed by atoms with van der Waals surface area (Å²) in [5.74, 6) is 3.57. The third-order valence-electron chi connectivity index (χ3n) is 10.9. The molecule has 7 rings (SSSR count). The molecular weight excluding hydrogens is 555 g/mol. The number of halogens is 1. The van der Waals surface area contributed by atoms with Gasteiger partial charge in [-0.3, -0.25) is 9.36 Å². The van der Waals surface area contributed by atoms with Gasteiger partial charge in [-0.25, -0.2) is 14.4 Å². The molecule has 2 aromatic carbocycles. The first kappa shape index (κ1) is 30.6. The Morgan fingerprint density at radius 1 is 1.23 bits per heavy atom. The summed E-state index contributed by atoms with van der Waals surface area (Å²) in [6.45, 7) is 14.8. The molecule has 0 spiro atoms. The molecule has 2 heterocycles. The summed E-state index contributed by atoms with van der Waals surface area (Å²) in [4.78, 5) is 25.8. The lowest BCUT2D eigenvalue weighted by Crippen LogP contribution is -2.58. The normalized spacial score (nSPS) is 26.5. The number of anilines is 1. The number of ether oxygens (including phenoxy) is 1. The van der Waals surface area contributed by atoms with E-state index in [1.165, 1.54) is 19.6 Å². The number of rotatable bonds is 7. The summed E-state index contributed by atoms with van der Waals surface area (Å²) in [7, 11) is 1.51. The highest BCUT2D eigenvalue weighted by atomic mass is 19.1. The summed E-state index contributed by atoms with van der Waals surface area (Å²) in [6, 6.07) is 11.2. The number of aliphatic imine (C=N–C) groups is 1. The van der Waals surface area contributed by atoms with Gasteiger partial charge in [0.15, 0.2) is 5.96 Å². The van der Waals surface area contributed by atoms with Crippen LogP contribution in [-0.4, -0.2) is 59.2 Å². The van der Waals surface area contributed by atoms with Crippen LogP contribution >= 0.6 is 0 Å². The first-order valence-electron chi connectivity index (χ1n) is 16.2. The molecule has 0 unspecified atom stereocenters. The molecule has 2 N–H and O–H groups in total. The van der Waals surface area contributed by atoms with Crippen molar-refractivity contribution in [2.75, 3.05) is 32.1 Å². The van der Waals surface area contributed by atoms with Crippen molar-refractivity contribution in [2.24, 2.45) is 34.1 Å². The van der Waals surface area contributed by atoms with Crippen LogP contribution in [0, 0.1) is 34.9 Å². The molecule has 1 saturated heterocycles. The van der Waals surface area contributed by atoms with Gasteiger partial charge < -0.3 is 20.3 Å². The van der Waals surface area contributed by atoms with E-state index in [1.807, 2.05) is 18.2 Å². The Bertz CT molecular complexity index is 1600. The molecule has 3 aliphatic carbocycles. The third-order valence-corrected chi connectivity index (χ3v) is 10.9. The minimum absolute atomic E-state index is 0.135. The Labute approximate surface area is 260 Å². The Morgan fingerprint density at radius 3 is 2.75 bits per heavy atom. The maximum Gasteiger partial charge on any atom is 0.261 e. The molecule has 0 amide bonds. The fourth-order valence-corrected chi connectivity index (χ4v) is 7.68. The van der Waals surface area contributed by atoms with Crippen molar-refractivity contribution in [2.45, 2.75) is 72.5 Å². The Hall–Kier alpha value is -3.46. The van der Waals surface area contributed by atoms with Crippen LogP contribution < -0.4 is 20.9 Å². The summed E-state index contributed by atoms with van der Waals surface area (Å²) in [5, 5.41) is 7.87. The van der Waals surface area contributed by atoms with E-state index >= 15 is 0 Å². The lowest BCUT2D eigenvalue weighted by atomic mass is 9.45. The molecule has 4 fully saturated rings. The molecule has 3 aromatic rings. The highest BCUT2D eigenvalue weighted by Gasteiger charge is 2.56. The number of guanidine groups is 1. The maximum atomic E-state index is 14.5. The number of methoxy groups -OCH3 is 1. The van der Waals surface area contributed by atoms with Crippen molar-refractivity contribution >= 4 is 22.5 Å². The summed E-state index contributed by atoms with van der Waals surface area (Å²) in [5.41, 5.74) is 2.31. The monoisotopic (exact) mass is 602 g/mol. The summed E-state index contributed by atoms with van der Waals surface area (Å²) in [6.07, 6.45) is 4.40. The van der Waals surface area contributed by atoms with Crippen molar-refractivity contribution in [1.82, 2.24) is 19.8 Å². The molecule has 0 radical (unpaired) electrons. The number of aryl methyl sites for hydroxylation is 2. The number of hydrogen-bond donors (Lipinski definition) is 2. The van der Waals surface area contributed by atoms with Gasteiger partial charge in [0, 0.05) is 44.0 Å². The van der Waals surface area contributed by atoms with E-state index in [1.54, 1.807) is 23.0 Å². The van der Waals surface area contributed by atoms with Gasteiger partial charge in [-0.1, -0.05) is 40.7 Å². The van der Waals surface area contributed by atoms with Crippen LogP contribution in [0.4, 0.5) is 10.1 Å². The standard InChI is InChI=1S/C35H47FN6O2/c1-21(2)32-19-41(14-12-37-32)34(40-30-16-24-15-28(22(30)3)35(24,4)5)39-25-8-10-27-31(17-25)38-20-42(33(27)43)13-11-23-7-9-26(44-6)18-29(23)36/h7-10,17-18,20-22,24,28,30,32,37H,11-16,19H2,1-6H3,(H,39,40)/t22-,24-,28-,30+,32-/m1/s1. The molecule has 3 saturated carbocycles. The van der Waals surface area contributed by atoms with E-state index in [-0.39, 0.29) is 11.4 Å². The molecule has 2 bridgehead atoms. The van der Waals surface area contributed by atoms with Crippen LogP contribution in [0.25, 0.3) is 10.9 Å². The largest absolute Gasteiger partial charge is 0.497 e. The van der Waals surface area contributed by atoms with Crippen LogP contribution in [-0.2, 0) is 13.0 Å². The highest BCUT2D eigenvalue weighted by molar-refractivity contribution is 5.96. The van der Waals surface area contributed by atoms with Gasteiger partial charge in [-0.15, -0.1) is 0 Å². The molecule has 4 aliphatic rings. The highest BCUT2D eigenvalue weighted by Crippen LogP contribution is 2.61. The number of aromatic nitrogens is 2. The second-order valence-electron chi connectivity index (χ2n) is 14.0. The molecule has 1 aromatic heterocycles. The third kappa shape index (κ3) is 5.83. The molecule has 9 heteroatoms. The van der Waals surface area contributed by atoms with E-state index < -0.39 is 0 Å². The summed E-state index contributed by atoms with van der Waals surface area (Å²) >= 11 is 0. The van der Waals surface area contributed by atoms with Crippen molar-refractivity contribution in [1.29, 1.82) is 0 Å². The lowest BCUT2D eigenvalue weighted by Gasteiger charge is -2.61. The predicted molar refractivity (Wildman–Crippen MR) is 175 cm³/mol. The Morgan fingerprint density at radius 2 is 2.05 bits per heavy atom. The molecule has 5 atom stereocenters. The zero-order valence-electron chi connectivity index (χ0n) is 26.9. The minimum atomic E-state index is -0.341. The van der Waals surface area contributed by atoms with Gasteiger partial charge in [0.05, 0.1) is 30.4 Å². The fraction of sp³-hybridized carbons (Fsp3) is 0.571. The van der Waals surface area contributed by atoms with Crippen LogP contribution in [0.15, 0.2) is 52.5 Å². The number of nitrogens with zero attached hydrogens (tertiary/aromatic N) is 4. The smallest absolute Gasteiger partial charge is 0.261 e. The van der Waals surface area contributed by atoms with E-state index in [0.717, 1.165) is 49.5 Å². The summed E-state index contributed by atoms with van der Waals surface area (Å²) < 4.78 is 21.1. The SMILES string of the molecule is COc1ccc(CCn2cnc3cc(NC(=N[C@H]4C[C@H]5C[C@H]([C@H]4C)C5(C)C)N4CCN[C@@H](C(C)C)C4)ccc3c2=O)c(F)c1. The van der Waals surface area contributed by atoms with Crippen molar-refractivity contribution in [3.05, 3.63) is 64.5 Å². The molecule has 1 aliphatic heterocycles. The maximum absolute atomic E-state index is 14.5. The number of hydrogen-bond acceptors (Lipinski definition) is 5. The number of nitrogens with one attached hydrogen (secondary N) is 2. The van der Waals surface area contributed by atoms with Crippen LogP contribution in [0.2, 0.25) is 0 Å². The first-order valence-corrected chi connectivity index (χ1v) is 16.2. The topological polar surface area (TPSA) is 83.8 Å². The molecular formula is C35H47FN6O2. The van der Waals surface area contributed by atoms with Gasteiger partial charge in [-0.2, -0.15) is 0 Å². The van der Waals surface area contributed by atoms with Crippen LogP contribution in [0.5, 0.6) is 5.75 Å². The average Bonchev–Trinajstić information content (AvgIpc) is 3.01. The van der Waals surface area contributed by atoms with Gasteiger partial charge in [0.1, 0.15) is 11.6 Å². The van der Waals surface area contributed by atoms with Crippen LogP contribution in [0.3, 0.4) is 0 Å². The lowest BCUT2D eigenvalue weighted by molar-refractivity contribution is -0.108. The Balaban J connectivity index is 1.23. The van der Waals surface area contributed by atoms with Crippen molar-refractivity contribution < 1.29 is 9.13 Å². The molecule has 236 valence electrons. The van der Waals surface area contributed by atoms with E-state index in [2.05, 4.69) is 55.1 Å². The second-order valence-corrected chi connectivity index (χ2v) is 14.0. The quantitative estimate of drug-likeness (QED) is 0.272. The molecule has 8 nitrogen and oxygen atoms in total. The van der Waals surface area contributed by atoms with Crippen molar-refractivity contribution in [3.8, 4) is 5.75 Å². The molecule has 44 heavy (non-hydrogen) atoms. The van der Waals surface area contributed by atoms with E-state index in [0.29, 0.717) is 64.5 Å². The van der Waals surface area contributed by atoms with Gasteiger partial charge >= 0.3 is 0 Å². The zero-order valence-corrected chi connectivity index (χ0v) is 26.9. The van der Waals surface area contributed by atoms with Crippen molar-refractivity contribution in [3.63, 3.8) is 0 Å². The number of piperazine rings is 1. The van der Waals surface area contributed by atoms with Gasteiger partial charge in [-0.05, 0) is 78.2 Å². The van der Waals surface area contributed by atoms with E-state index in [9.17, 15) is 9.18 Å². The minimum Gasteiger partial charge on any atom is -0.497 e. The number of fused-ring (bicyclic) bond motifs is 3. The Kier molecular flexibility index (Phi) is 8.44. The fourth-order valence-electron chi connectivity index (χ4n) is 7.68. The first-order chi connectivity index (χ1) is 21.0. The number of benzene rings is 2. The average molecular weight is 603 g/mol. The second kappa shape index (κ2) is 12.1.